The van der Waals surface area contributed by atoms with E-state index in [2.05, 4.69) is 50.2 Å². The molecule has 1 N–H and O–H groups in total. The highest BCUT2D eigenvalue weighted by molar-refractivity contribution is 5.53. The zero-order valence-electron chi connectivity index (χ0n) is 11.8. The van der Waals surface area contributed by atoms with Crippen LogP contribution in [0.25, 0.3) is 5.52 Å². The number of nitrogens with zero attached hydrogens (tertiary/aromatic N) is 2. The van der Waals surface area contributed by atoms with Crippen molar-refractivity contribution in [1.29, 1.82) is 0 Å². The summed E-state index contributed by atoms with van der Waals surface area (Å²) in [6.45, 7) is 11.1. The van der Waals surface area contributed by atoms with E-state index >= 15 is 0 Å². The highest BCUT2D eigenvalue weighted by Crippen LogP contribution is 2.24. The number of hydrogen-bond acceptors (Lipinski definition) is 2. The minimum absolute atomic E-state index is 0.322. The van der Waals surface area contributed by atoms with Crippen LogP contribution in [-0.2, 0) is 6.54 Å². The van der Waals surface area contributed by atoms with E-state index in [-0.39, 0.29) is 0 Å². The fourth-order valence-corrected chi connectivity index (χ4v) is 1.85. The van der Waals surface area contributed by atoms with Crippen LogP contribution in [0, 0.1) is 11.3 Å². The molecule has 0 saturated carbocycles. The monoisotopic (exact) mass is 245 g/mol. The van der Waals surface area contributed by atoms with E-state index in [1.165, 1.54) is 11.1 Å². The van der Waals surface area contributed by atoms with Crippen molar-refractivity contribution in [1.82, 2.24) is 14.9 Å². The summed E-state index contributed by atoms with van der Waals surface area (Å²) in [5.74, 6) is 0.675. The fourth-order valence-electron chi connectivity index (χ4n) is 1.85. The van der Waals surface area contributed by atoms with E-state index < -0.39 is 0 Å². The van der Waals surface area contributed by atoms with Crippen LogP contribution in [0.15, 0.2) is 30.6 Å². The Bertz CT molecular complexity index is 511. The van der Waals surface area contributed by atoms with Gasteiger partial charge >= 0.3 is 0 Å². The summed E-state index contributed by atoms with van der Waals surface area (Å²) in [5, 5.41) is 7.89. The molecule has 2 rings (SSSR count). The molecule has 0 bridgehead atoms. The van der Waals surface area contributed by atoms with Crippen molar-refractivity contribution in [3.8, 4) is 0 Å². The first-order valence-corrected chi connectivity index (χ1v) is 6.62. The summed E-state index contributed by atoms with van der Waals surface area (Å²) in [6.07, 6.45) is 3.93. The maximum Gasteiger partial charge on any atom is 0.0706 e. The molecule has 3 nitrogen and oxygen atoms in total. The highest BCUT2D eigenvalue weighted by atomic mass is 15.2. The summed E-state index contributed by atoms with van der Waals surface area (Å²) in [4.78, 5) is 0. The molecular formula is C15H23N3. The average Bonchev–Trinajstić information content (AvgIpc) is 2.72. The zero-order valence-corrected chi connectivity index (χ0v) is 11.8. The van der Waals surface area contributed by atoms with E-state index in [1.807, 2.05) is 23.0 Å². The maximum absolute atomic E-state index is 4.35. The van der Waals surface area contributed by atoms with Crippen molar-refractivity contribution in [2.24, 2.45) is 11.3 Å². The van der Waals surface area contributed by atoms with Gasteiger partial charge in [0, 0.05) is 24.8 Å². The third-order valence-corrected chi connectivity index (χ3v) is 3.97. The van der Waals surface area contributed by atoms with Crippen molar-refractivity contribution in [2.75, 3.05) is 6.54 Å². The second-order valence-corrected chi connectivity index (χ2v) is 5.95. The van der Waals surface area contributed by atoms with Crippen molar-refractivity contribution in [2.45, 2.75) is 34.2 Å². The van der Waals surface area contributed by atoms with Crippen LogP contribution in [0.4, 0.5) is 0 Å². The van der Waals surface area contributed by atoms with Crippen LogP contribution >= 0.6 is 0 Å². The lowest BCUT2D eigenvalue weighted by Crippen LogP contribution is -2.33. The van der Waals surface area contributed by atoms with Crippen LogP contribution in [0.2, 0.25) is 0 Å². The summed E-state index contributed by atoms with van der Waals surface area (Å²) < 4.78 is 1.92. The molecule has 18 heavy (non-hydrogen) atoms. The molecule has 0 atom stereocenters. The quantitative estimate of drug-likeness (QED) is 0.877. The van der Waals surface area contributed by atoms with E-state index in [9.17, 15) is 0 Å². The van der Waals surface area contributed by atoms with E-state index in [0.29, 0.717) is 11.3 Å². The average molecular weight is 245 g/mol. The molecule has 0 spiro atoms. The number of rotatable bonds is 5. The zero-order chi connectivity index (χ0) is 13.2. The first kappa shape index (κ1) is 13.1. The summed E-state index contributed by atoms with van der Waals surface area (Å²) in [6, 6.07) is 6.16. The molecule has 0 saturated heterocycles. The minimum Gasteiger partial charge on any atom is -0.312 e. The van der Waals surface area contributed by atoms with Gasteiger partial charge < -0.3 is 5.32 Å². The van der Waals surface area contributed by atoms with E-state index in [4.69, 9.17) is 0 Å². The lowest BCUT2D eigenvalue weighted by atomic mass is 9.81. The van der Waals surface area contributed by atoms with Crippen molar-refractivity contribution >= 4 is 5.52 Å². The van der Waals surface area contributed by atoms with Gasteiger partial charge in [0.2, 0.25) is 0 Å². The van der Waals surface area contributed by atoms with Gasteiger partial charge in [0.25, 0.3) is 0 Å². The molecule has 0 aliphatic heterocycles. The van der Waals surface area contributed by atoms with Gasteiger partial charge in [-0.05, 0) is 23.5 Å². The van der Waals surface area contributed by atoms with Gasteiger partial charge in [-0.25, -0.2) is 4.52 Å². The van der Waals surface area contributed by atoms with Crippen LogP contribution in [-0.4, -0.2) is 16.2 Å². The number of nitrogens with one attached hydrogen (secondary N) is 1. The molecule has 2 aromatic rings. The van der Waals surface area contributed by atoms with Crippen LogP contribution in [0.3, 0.4) is 0 Å². The Morgan fingerprint density at radius 2 is 2.11 bits per heavy atom. The van der Waals surface area contributed by atoms with Crippen LogP contribution in [0.5, 0.6) is 0 Å². The predicted octanol–water partition coefficient (Wildman–Crippen LogP) is 3.11. The lowest BCUT2D eigenvalue weighted by molar-refractivity contribution is 0.238. The number of hydrogen-bond donors (Lipinski definition) is 1. The Kier molecular flexibility index (Phi) is 3.71. The predicted molar refractivity (Wildman–Crippen MR) is 75.5 cm³/mol. The molecule has 2 aromatic heterocycles. The van der Waals surface area contributed by atoms with Gasteiger partial charge in [0.05, 0.1) is 11.7 Å². The van der Waals surface area contributed by atoms with Crippen molar-refractivity contribution in [3.05, 3.63) is 36.2 Å². The first-order chi connectivity index (χ1) is 8.50. The molecule has 0 aliphatic rings. The molecule has 0 unspecified atom stereocenters. The van der Waals surface area contributed by atoms with Gasteiger partial charge in [0.15, 0.2) is 0 Å². The molecule has 0 fully saturated rings. The van der Waals surface area contributed by atoms with E-state index in [0.717, 1.165) is 13.1 Å². The highest BCUT2D eigenvalue weighted by Gasteiger charge is 2.21. The fraction of sp³-hybridized carbons (Fsp3) is 0.533. The van der Waals surface area contributed by atoms with Crippen LogP contribution < -0.4 is 5.32 Å². The Balaban J connectivity index is 1.99. The van der Waals surface area contributed by atoms with Crippen molar-refractivity contribution in [3.63, 3.8) is 0 Å². The van der Waals surface area contributed by atoms with Gasteiger partial charge in [0.1, 0.15) is 0 Å². The number of pyridine rings is 1. The maximum atomic E-state index is 4.35. The lowest BCUT2D eigenvalue weighted by Gasteiger charge is -2.29. The summed E-state index contributed by atoms with van der Waals surface area (Å²) in [7, 11) is 0. The normalized spacial score (nSPS) is 12.5. The largest absolute Gasteiger partial charge is 0.312 e. The second-order valence-electron chi connectivity index (χ2n) is 5.95. The number of fused-ring (bicyclic) bond motifs is 1. The smallest absolute Gasteiger partial charge is 0.0706 e. The Labute approximate surface area is 109 Å². The van der Waals surface area contributed by atoms with E-state index in [1.54, 1.807) is 0 Å². The van der Waals surface area contributed by atoms with Gasteiger partial charge in [-0.15, -0.1) is 0 Å². The first-order valence-electron chi connectivity index (χ1n) is 6.62. The number of aromatic nitrogens is 2. The van der Waals surface area contributed by atoms with Gasteiger partial charge in [-0.3, -0.25) is 0 Å². The second kappa shape index (κ2) is 5.11. The topological polar surface area (TPSA) is 29.3 Å². The summed E-state index contributed by atoms with van der Waals surface area (Å²) in [5.41, 5.74) is 2.77. The Morgan fingerprint density at radius 1 is 1.33 bits per heavy atom. The minimum atomic E-state index is 0.322. The molecular weight excluding hydrogens is 222 g/mol. The Morgan fingerprint density at radius 3 is 2.83 bits per heavy atom. The van der Waals surface area contributed by atoms with Gasteiger partial charge in [-0.2, -0.15) is 5.10 Å². The van der Waals surface area contributed by atoms with Crippen molar-refractivity contribution < 1.29 is 0 Å². The molecule has 98 valence electrons. The van der Waals surface area contributed by atoms with Crippen LogP contribution in [0.1, 0.15) is 33.3 Å². The van der Waals surface area contributed by atoms with Gasteiger partial charge in [-0.1, -0.05) is 33.8 Å². The molecule has 0 radical (unpaired) electrons. The molecule has 0 aliphatic carbocycles. The molecule has 2 heterocycles. The Hall–Kier alpha value is -1.35. The standard InChI is InChI=1S/C15H23N3/c1-12(2)15(3,4)11-16-9-13-10-17-18-8-6-5-7-14(13)18/h5-8,10,12,16H,9,11H2,1-4H3. The molecule has 3 heteroatoms. The summed E-state index contributed by atoms with van der Waals surface area (Å²) >= 11 is 0. The third-order valence-electron chi connectivity index (χ3n) is 3.97. The SMILES string of the molecule is CC(C)C(C)(C)CNCc1cnn2ccccc12. The molecule has 0 aromatic carbocycles. The third kappa shape index (κ3) is 2.72. The molecule has 0 amide bonds.